The molecule has 0 aliphatic heterocycles. The van der Waals surface area contributed by atoms with Crippen molar-refractivity contribution in [1.82, 2.24) is 15.2 Å². The van der Waals surface area contributed by atoms with Crippen LogP contribution in [0.1, 0.15) is 58.1 Å². The van der Waals surface area contributed by atoms with Gasteiger partial charge in [-0.15, -0.1) is 0 Å². The fraction of sp³-hybridized carbons (Fsp3) is 0.684. The first kappa shape index (κ1) is 20.3. The van der Waals surface area contributed by atoms with Crippen LogP contribution in [0.15, 0.2) is 28.0 Å². The summed E-state index contributed by atoms with van der Waals surface area (Å²) >= 11 is 0. The second-order valence-corrected chi connectivity index (χ2v) is 6.40. The Morgan fingerprint density at radius 1 is 1.25 bits per heavy atom. The van der Waals surface area contributed by atoms with E-state index in [2.05, 4.69) is 29.5 Å². The molecule has 0 spiro atoms. The molecular weight excluding hydrogens is 300 g/mol. The van der Waals surface area contributed by atoms with Gasteiger partial charge in [-0.2, -0.15) is 0 Å². The van der Waals surface area contributed by atoms with Gasteiger partial charge in [0.15, 0.2) is 5.96 Å². The molecular formula is C19H34N4O. The van der Waals surface area contributed by atoms with Crippen molar-refractivity contribution in [1.29, 1.82) is 0 Å². The van der Waals surface area contributed by atoms with E-state index in [0.717, 1.165) is 37.6 Å². The molecule has 1 aromatic heterocycles. The number of aromatic nitrogens is 1. The summed E-state index contributed by atoms with van der Waals surface area (Å²) in [6.07, 6.45) is 6.95. The summed E-state index contributed by atoms with van der Waals surface area (Å²) < 4.78 is 1.84. The lowest BCUT2D eigenvalue weighted by Gasteiger charge is -2.18. The second-order valence-electron chi connectivity index (χ2n) is 6.40. The molecule has 2 N–H and O–H groups in total. The Labute approximate surface area is 146 Å². The lowest BCUT2D eigenvalue weighted by atomic mass is 10.1. The number of nitrogens with zero attached hydrogens (tertiary/aromatic N) is 2. The van der Waals surface area contributed by atoms with Gasteiger partial charge in [0.25, 0.3) is 5.56 Å². The molecule has 136 valence electrons. The van der Waals surface area contributed by atoms with Crippen LogP contribution in [0, 0.1) is 6.92 Å². The Morgan fingerprint density at radius 3 is 2.71 bits per heavy atom. The maximum absolute atomic E-state index is 11.8. The molecule has 0 aromatic carbocycles. The average Bonchev–Trinajstić information content (AvgIpc) is 2.56. The maximum Gasteiger partial charge on any atom is 0.250 e. The molecule has 5 heteroatoms. The molecule has 0 radical (unpaired) electrons. The standard InChI is InChI=1S/C19H34N4O/c1-5-6-7-11-16(2)22-19(20-4)21-14-8-9-15-23-17(3)12-10-13-18(23)24/h10,12-13,16H,5-9,11,14-15H2,1-4H3,(H2,20,21,22). The van der Waals surface area contributed by atoms with Gasteiger partial charge >= 0.3 is 0 Å². The molecule has 0 fully saturated rings. The number of aliphatic imine (C=N–C) groups is 1. The summed E-state index contributed by atoms with van der Waals surface area (Å²) in [6.45, 7) is 8.04. The summed E-state index contributed by atoms with van der Waals surface area (Å²) in [7, 11) is 1.81. The highest BCUT2D eigenvalue weighted by Crippen LogP contribution is 2.02. The van der Waals surface area contributed by atoms with Crippen LogP contribution in [-0.4, -0.2) is 30.2 Å². The number of hydrogen-bond donors (Lipinski definition) is 2. The van der Waals surface area contributed by atoms with Gasteiger partial charge in [0.2, 0.25) is 0 Å². The first-order valence-corrected chi connectivity index (χ1v) is 9.22. The van der Waals surface area contributed by atoms with Crippen LogP contribution >= 0.6 is 0 Å². The predicted octanol–water partition coefficient (Wildman–Crippen LogP) is 3.07. The van der Waals surface area contributed by atoms with Gasteiger partial charge in [0.1, 0.15) is 0 Å². The molecule has 1 atom stereocenters. The third-order valence-electron chi connectivity index (χ3n) is 4.22. The molecule has 0 saturated heterocycles. The summed E-state index contributed by atoms with van der Waals surface area (Å²) in [5.74, 6) is 0.868. The van der Waals surface area contributed by atoms with Gasteiger partial charge in [0.05, 0.1) is 0 Å². The number of aryl methyl sites for hydroxylation is 1. The number of rotatable bonds is 10. The molecule has 1 heterocycles. The fourth-order valence-corrected chi connectivity index (χ4v) is 2.71. The van der Waals surface area contributed by atoms with Crippen molar-refractivity contribution in [3.8, 4) is 0 Å². The monoisotopic (exact) mass is 334 g/mol. The summed E-state index contributed by atoms with van der Waals surface area (Å²) in [5, 5.41) is 6.79. The van der Waals surface area contributed by atoms with Gasteiger partial charge in [0, 0.05) is 37.9 Å². The van der Waals surface area contributed by atoms with Crippen molar-refractivity contribution in [2.75, 3.05) is 13.6 Å². The van der Waals surface area contributed by atoms with Crippen LogP contribution in [0.4, 0.5) is 0 Å². The number of guanidine groups is 1. The van der Waals surface area contributed by atoms with Gasteiger partial charge < -0.3 is 15.2 Å². The predicted molar refractivity (Wildman–Crippen MR) is 103 cm³/mol. The molecule has 0 bridgehead atoms. The number of pyridine rings is 1. The van der Waals surface area contributed by atoms with Crippen molar-refractivity contribution in [3.63, 3.8) is 0 Å². The molecule has 0 saturated carbocycles. The number of unbranched alkanes of at least 4 members (excludes halogenated alkanes) is 3. The molecule has 1 rings (SSSR count). The van der Waals surface area contributed by atoms with Crippen molar-refractivity contribution >= 4 is 5.96 Å². The Hall–Kier alpha value is -1.78. The van der Waals surface area contributed by atoms with Crippen LogP contribution < -0.4 is 16.2 Å². The number of nitrogens with one attached hydrogen (secondary N) is 2. The molecule has 1 unspecified atom stereocenters. The minimum Gasteiger partial charge on any atom is -0.356 e. The van der Waals surface area contributed by atoms with Gasteiger partial charge in [-0.3, -0.25) is 9.79 Å². The molecule has 0 aliphatic rings. The van der Waals surface area contributed by atoms with E-state index in [9.17, 15) is 4.79 Å². The summed E-state index contributed by atoms with van der Waals surface area (Å²) in [5.41, 5.74) is 1.11. The van der Waals surface area contributed by atoms with E-state index in [1.54, 1.807) is 13.1 Å². The number of hydrogen-bond acceptors (Lipinski definition) is 2. The van der Waals surface area contributed by atoms with Crippen molar-refractivity contribution in [2.45, 2.75) is 71.9 Å². The largest absolute Gasteiger partial charge is 0.356 e. The van der Waals surface area contributed by atoms with E-state index >= 15 is 0 Å². The SMILES string of the molecule is CCCCCC(C)NC(=NC)NCCCCn1c(C)cccc1=O. The normalized spacial score (nSPS) is 12.9. The summed E-state index contributed by atoms with van der Waals surface area (Å²) in [4.78, 5) is 16.1. The van der Waals surface area contributed by atoms with Crippen molar-refractivity contribution in [2.24, 2.45) is 4.99 Å². The van der Waals surface area contributed by atoms with Gasteiger partial charge in [-0.1, -0.05) is 32.3 Å². The fourth-order valence-electron chi connectivity index (χ4n) is 2.71. The lowest BCUT2D eigenvalue weighted by Crippen LogP contribution is -2.42. The van der Waals surface area contributed by atoms with Crippen LogP contribution in [0.5, 0.6) is 0 Å². The van der Waals surface area contributed by atoms with Crippen LogP contribution in [0.3, 0.4) is 0 Å². The minimum absolute atomic E-state index is 0.0846. The lowest BCUT2D eigenvalue weighted by molar-refractivity contribution is 0.541. The topological polar surface area (TPSA) is 58.4 Å². The van der Waals surface area contributed by atoms with Gasteiger partial charge in [-0.25, -0.2) is 0 Å². The molecule has 5 nitrogen and oxygen atoms in total. The van der Waals surface area contributed by atoms with Crippen molar-refractivity contribution < 1.29 is 0 Å². The zero-order valence-corrected chi connectivity index (χ0v) is 15.8. The highest BCUT2D eigenvalue weighted by molar-refractivity contribution is 5.79. The quantitative estimate of drug-likeness (QED) is 0.393. The van der Waals surface area contributed by atoms with E-state index < -0.39 is 0 Å². The Balaban J connectivity index is 2.24. The highest BCUT2D eigenvalue weighted by Gasteiger charge is 2.04. The molecule has 0 aliphatic carbocycles. The molecule has 24 heavy (non-hydrogen) atoms. The Bertz CT molecular complexity index is 551. The van der Waals surface area contributed by atoms with E-state index in [-0.39, 0.29) is 5.56 Å². The smallest absolute Gasteiger partial charge is 0.250 e. The van der Waals surface area contributed by atoms with Crippen LogP contribution in [-0.2, 0) is 6.54 Å². The molecule has 0 amide bonds. The zero-order valence-electron chi connectivity index (χ0n) is 15.8. The van der Waals surface area contributed by atoms with Crippen LogP contribution in [0.2, 0.25) is 0 Å². The van der Waals surface area contributed by atoms with Gasteiger partial charge in [-0.05, 0) is 39.2 Å². The average molecular weight is 335 g/mol. The van der Waals surface area contributed by atoms with Crippen LogP contribution in [0.25, 0.3) is 0 Å². The third kappa shape index (κ3) is 7.66. The van der Waals surface area contributed by atoms with Crippen molar-refractivity contribution in [3.05, 3.63) is 34.2 Å². The Morgan fingerprint density at radius 2 is 2.04 bits per heavy atom. The zero-order chi connectivity index (χ0) is 17.8. The van der Waals surface area contributed by atoms with E-state index in [1.807, 2.05) is 23.6 Å². The maximum atomic E-state index is 11.8. The minimum atomic E-state index is 0.0846. The first-order valence-electron chi connectivity index (χ1n) is 9.22. The first-order chi connectivity index (χ1) is 11.6. The molecule has 1 aromatic rings. The van der Waals surface area contributed by atoms with E-state index in [0.29, 0.717) is 6.04 Å². The highest BCUT2D eigenvalue weighted by atomic mass is 16.1. The second kappa shape index (κ2) is 11.7. The third-order valence-corrected chi connectivity index (χ3v) is 4.22. The summed E-state index contributed by atoms with van der Waals surface area (Å²) in [6, 6.07) is 5.85. The van der Waals surface area contributed by atoms with E-state index in [4.69, 9.17) is 0 Å². The Kier molecular flexibility index (Phi) is 9.89. The van der Waals surface area contributed by atoms with E-state index in [1.165, 1.54) is 25.7 Å².